The first-order chi connectivity index (χ1) is 15.4. The smallest absolute Gasteiger partial charge is 0.287 e. The van der Waals surface area contributed by atoms with E-state index >= 15 is 0 Å². The minimum atomic E-state index is -0.640. The minimum absolute atomic E-state index is 0.00198. The Labute approximate surface area is 186 Å². The fourth-order valence-corrected chi connectivity index (χ4v) is 2.78. The topological polar surface area (TPSA) is 73.8 Å². The third kappa shape index (κ3) is 6.12. The van der Waals surface area contributed by atoms with Crippen LogP contribution in [0.5, 0.6) is 0 Å². The van der Waals surface area contributed by atoms with E-state index < -0.39 is 17.6 Å². The number of carbonyl (C=O) groups excluding carboxylic acids is 2. The van der Waals surface area contributed by atoms with Crippen molar-refractivity contribution in [1.82, 2.24) is 10.7 Å². The van der Waals surface area contributed by atoms with Crippen molar-refractivity contribution in [3.05, 3.63) is 107 Å². The second-order valence-corrected chi connectivity index (χ2v) is 7.08. The molecule has 3 aromatic carbocycles. The van der Waals surface area contributed by atoms with Gasteiger partial charge in [0.2, 0.25) is 0 Å². The number of benzene rings is 3. The van der Waals surface area contributed by atoms with E-state index in [-0.39, 0.29) is 11.3 Å². The molecule has 0 atom stereocenters. The zero-order chi connectivity index (χ0) is 22.9. The molecule has 2 N–H and O–H groups in total. The fourth-order valence-electron chi connectivity index (χ4n) is 2.78. The van der Waals surface area contributed by atoms with Crippen molar-refractivity contribution in [2.45, 2.75) is 0 Å². The molecule has 0 aromatic heterocycles. The van der Waals surface area contributed by atoms with Crippen LogP contribution in [0.4, 0.5) is 10.1 Å². The van der Waals surface area contributed by atoms with E-state index in [1.807, 2.05) is 43.3 Å². The number of nitrogens with zero attached hydrogens (tertiary/aromatic N) is 2. The van der Waals surface area contributed by atoms with E-state index in [9.17, 15) is 14.0 Å². The van der Waals surface area contributed by atoms with E-state index in [1.54, 1.807) is 48.5 Å². The normalized spacial score (nSPS) is 11.3. The molecule has 2 amide bonds. The van der Waals surface area contributed by atoms with Gasteiger partial charge in [-0.3, -0.25) is 9.59 Å². The van der Waals surface area contributed by atoms with Gasteiger partial charge in [0.1, 0.15) is 11.5 Å². The number of nitrogens with one attached hydrogen (secondary N) is 2. The van der Waals surface area contributed by atoms with Crippen LogP contribution >= 0.6 is 0 Å². The van der Waals surface area contributed by atoms with Crippen LogP contribution in [-0.2, 0) is 4.79 Å². The molecular formula is C25H23FN4O2. The Morgan fingerprint density at radius 2 is 1.56 bits per heavy atom. The number of amides is 2. The highest BCUT2D eigenvalue weighted by Gasteiger charge is 2.14. The van der Waals surface area contributed by atoms with Crippen molar-refractivity contribution < 1.29 is 14.0 Å². The molecule has 32 heavy (non-hydrogen) atoms. The number of hydrogen-bond acceptors (Lipinski definition) is 4. The second kappa shape index (κ2) is 10.7. The number of hydrogen-bond donors (Lipinski definition) is 2. The lowest BCUT2D eigenvalue weighted by atomic mass is 10.1. The predicted octanol–water partition coefficient (Wildman–Crippen LogP) is 3.81. The molecule has 0 spiro atoms. The van der Waals surface area contributed by atoms with E-state index in [4.69, 9.17) is 0 Å². The third-order valence-electron chi connectivity index (χ3n) is 4.52. The highest BCUT2D eigenvalue weighted by Crippen LogP contribution is 2.14. The largest absolute Gasteiger partial charge is 0.378 e. The molecule has 162 valence electrons. The first kappa shape index (κ1) is 22.4. The summed E-state index contributed by atoms with van der Waals surface area (Å²) in [4.78, 5) is 27.3. The molecule has 0 saturated heterocycles. The van der Waals surface area contributed by atoms with Crippen molar-refractivity contribution >= 4 is 29.8 Å². The number of anilines is 1. The molecule has 3 rings (SSSR count). The van der Waals surface area contributed by atoms with Gasteiger partial charge in [-0.1, -0.05) is 48.5 Å². The van der Waals surface area contributed by atoms with E-state index in [0.717, 1.165) is 5.69 Å². The molecular weight excluding hydrogens is 407 g/mol. The summed E-state index contributed by atoms with van der Waals surface area (Å²) < 4.78 is 13.7. The Morgan fingerprint density at radius 1 is 0.906 bits per heavy atom. The number of rotatable bonds is 7. The summed E-state index contributed by atoms with van der Waals surface area (Å²) in [6.45, 7) is 0. The van der Waals surface area contributed by atoms with Gasteiger partial charge in [0.15, 0.2) is 0 Å². The summed E-state index contributed by atoms with van der Waals surface area (Å²) in [5.41, 5.74) is 4.69. The van der Waals surface area contributed by atoms with Gasteiger partial charge in [0.05, 0.1) is 6.21 Å². The highest BCUT2D eigenvalue weighted by molar-refractivity contribution is 6.05. The highest BCUT2D eigenvalue weighted by atomic mass is 19.1. The Balaban J connectivity index is 1.82. The summed E-state index contributed by atoms with van der Waals surface area (Å²) in [5, 5.41) is 6.45. The first-order valence-corrected chi connectivity index (χ1v) is 9.87. The molecule has 6 nitrogen and oxygen atoms in total. The Kier molecular flexibility index (Phi) is 7.48. The molecule has 0 fully saturated rings. The van der Waals surface area contributed by atoms with Crippen LogP contribution in [0.3, 0.4) is 0 Å². The Bertz CT molecular complexity index is 1140. The van der Waals surface area contributed by atoms with Crippen LogP contribution < -0.4 is 15.6 Å². The van der Waals surface area contributed by atoms with E-state index in [1.165, 1.54) is 18.3 Å². The molecule has 7 heteroatoms. The van der Waals surface area contributed by atoms with Gasteiger partial charge in [-0.15, -0.1) is 0 Å². The molecule has 3 aromatic rings. The van der Waals surface area contributed by atoms with Gasteiger partial charge >= 0.3 is 0 Å². The van der Waals surface area contributed by atoms with Crippen molar-refractivity contribution in [2.75, 3.05) is 19.0 Å². The van der Waals surface area contributed by atoms with Gasteiger partial charge in [-0.05, 0) is 42.0 Å². The molecule has 0 aliphatic carbocycles. The van der Waals surface area contributed by atoms with Crippen molar-refractivity contribution in [2.24, 2.45) is 5.10 Å². The van der Waals surface area contributed by atoms with Crippen molar-refractivity contribution in [3.8, 4) is 0 Å². The van der Waals surface area contributed by atoms with Crippen LogP contribution in [0.25, 0.3) is 6.08 Å². The van der Waals surface area contributed by atoms with Crippen molar-refractivity contribution in [3.63, 3.8) is 0 Å². The summed E-state index contributed by atoms with van der Waals surface area (Å²) >= 11 is 0. The van der Waals surface area contributed by atoms with Crippen LogP contribution in [0.1, 0.15) is 21.5 Å². The van der Waals surface area contributed by atoms with Gasteiger partial charge < -0.3 is 10.2 Å². The zero-order valence-electron chi connectivity index (χ0n) is 17.7. The first-order valence-electron chi connectivity index (χ1n) is 9.87. The van der Waals surface area contributed by atoms with Crippen LogP contribution in [0.15, 0.2) is 89.7 Å². The summed E-state index contributed by atoms with van der Waals surface area (Å²) in [6, 6.07) is 22.1. The van der Waals surface area contributed by atoms with Gasteiger partial charge in [0, 0.05) is 30.9 Å². The number of hydrazone groups is 1. The number of halogens is 1. The fraction of sp³-hybridized carbons (Fsp3) is 0.0800. The summed E-state index contributed by atoms with van der Waals surface area (Å²) in [6.07, 6.45) is 2.75. The van der Waals surface area contributed by atoms with Gasteiger partial charge in [0.25, 0.3) is 11.8 Å². The SMILES string of the molecule is CN(C)c1ccc(/C=C(/NC(=O)c2ccccc2)C(=O)N/N=C/c2ccccc2F)cc1. The summed E-state index contributed by atoms with van der Waals surface area (Å²) in [5.74, 6) is -1.53. The monoisotopic (exact) mass is 430 g/mol. The quantitative estimate of drug-likeness (QED) is 0.340. The lowest BCUT2D eigenvalue weighted by molar-refractivity contribution is -0.117. The van der Waals surface area contributed by atoms with E-state index in [2.05, 4.69) is 15.8 Å². The molecule has 0 saturated carbocycles. The maximum atomic E-state index is 13.7. The standard InChI is InChI=1S/C25H23FN4O2/c1-30(2)21-14-12-18(13-15-21)16-23(28-24(31)19-8-4-3-5-9-19)25(32)29-27-17-20-10-6-7-11-22(20)26/h3-17H,1-2H3,(H,28,31)(H,29,32)/b23-16+,27-17+. The molecule has 0 bridgehead atoms. The lowest BCUT2D eigenvalue weighted by Gasteiger charge is -2.12. The number of carbonyl (C=O) groups is 2. The van der Waals surface area contributed by atoms with Gasteiger partial charge in [-0.2, -0.15) is 5.10 Å². The molecule has 0 heterocycles. The molecule has 0 radical (unpaired) electrons. The molecule has 0 unspecified atom stereocenters. The minimum Gasteiger partial charge on any atom is -0.378 e. The van der Waals surface area contributed by atoms with Crippen molar-refractivity contribution in [1.29, 1.82) is 0 Å². The Hall–Kier alpha value is -4.26. The molecule has 0 aliphatic heterocycles. The maximum Gasteiger partial charge on any atom is 0.287 e. The van der Waals surface area contributed by atoms with E-state index in [0.29, 0.717) is 11.1 Å². The third-order valence-corrected chi connectivity index (χ3v) is 4.52. The second-order valence-electron chi connectivity index (χ2n) is 7.08. The zero-order valence-corrected chi connectivity index (χ0v) is 17.7. The average molecular weight is 430 g/mol. The van der Waals surface area contributed by atoms with Crippen LogP contribution in [0.2, 0.25) is 0 Å². The summed E-state index contributed by atoms with van der Waals surface area (Å²) in [7, 11) is 3.86. The molecule has 0 aliphatic rings. The van der Waals surface area contributed by atoms with Crippen LogP contribution in [-0.4, -0.2) is 32.1 Å². The average Bonchev–Trinajstić information content (AvgIpc) is 2.80. The van der Waals surface area contributed by atoms with Gasteiger partial charge in [-0.25, -0.2) is 9.82 Å². The predicted molar refractivity (Wildman–Crippen MR) is 125 cm³/mol. The van der Waals surface area contributed by atoms with Crippen LogP contribution in [0, 0.1) is 5.82 Å². The lowest BCUT2D eigenvalue weighted by Crippen LogP contribution is -2.32. The maximum absolute atomic E-state index is 13.7. The Morgan fingerprint density at radius 3 is 2.22 bits per heavy atom.